The van der Waals surface area contributed by atoms with E-state index in [1.54, 1.807) is 56.8 Å². The van der Waals surface area contributed by atoms with Crippen LogP contribution in [0.4, 0.5) is 4.79 Å². The molecule has 27 heavy (non-hydrogen) atoms. The summed E-state index contributed by atoms with van der Waals surface area (Å²) in [7, 11) is 1.32. The molecule has 1 aromatic rings. The third-order valence-electron chi connectivity index (χ3n) is 3.46. The minimum Gasteiger partial charge on any atom is -0.465 e. The molecule has 0 heterocycles. The average molecular weight is 397 g/mol. The van der Waals surface area contributed by atoms with Crippen LogP contribution in [0.1, 0.15) is 43.1 Å². The highest BCUT2D eigenvalue weighted by Gasteiger charge is 2.23. The van der Waals surface area contributed by atoms with Crippen LogP contribution in [0.3, 0.4) is 0 Å². The van der Waals surface area contributed by atoms with Crippen molar-refractivity contribution in [2.45, 2.75) is 45.4 Å². The fourth-order valence-corrected chi connectivity index (χ4v) is 2.61. The fourth-order valence-electron chi connectivity index (χ4n) is 2.14. The van der Waals surface area contributed by atoms with Crippen molar-refractivity contribution in [3.8, 4) is 0 Å². The van der Waals surface area contributed by atoms with Gasteiger partial charge in [0.1, 0.15) is 11.6 Å². The van der Waals surface area contributed by atoms with Gasteiger partial charge in [0.2, 0.25) is 5.91 Å². The molecule has 1 atom stereocenters. The minimum atomic E-state index is -0.679. The highest BCUT2D eigenvalue weighted by atomic mass is 32.2. The van der Waals surface area contributed by atoms with Gasteiger partial charge in [0.15, 0.2) is 0 Å². The van der Waals surface area contributed by atoms with E-state index in [9.17, 15) is 14.4 Å². The van der Waals surface area contributed by atoms with E-state index in [-0.39, 0.29) is 12.5 Å². The quantitative estimate of drug-likeness (QED) is 0.656. The Labute approximate surface area is 164 Å². The Morgan fingerprint density at radius 1 is 1.15 bits per heavy atom. The Morgan fingerprint density at radius 3 is 2.30 bits per heavy atom. The number of esters is 1. The lowest BCUT2D eigenvalue weighted by atomic mass is 10.1. The van der Waals surface area contributed by atoms with Gasteiger partial charge >= 0.3 is 12.1 Å². The van der Waals surface area contributed by atoms with E-state index in [1.807, 2.05) is 6.26 Å². The number of hydrogen-bond donors (Lipinski definition) is 2. The van der Waals surface area contributed by atoms with Crippen LogP contribution < -0.4 is 10.6 Å². The summed E-state index contributed by atoms with van der Waals surface area (Å²) < 4.78 is 9.88. The second kappa shape index (κ2) is 10.8. The predicted octanol–water partition coefficient (Wildman–Crippen LogP) is 2.74. The molecule has 7 nitrogen and oxygen atoms in total. The first-order chi connectivity index (χ1) is 12.7. The van der Waals surface area contributed by atoms with Crippen molar-refractivity contribution in [3.05, 3.63) is 35.4 Å². The Balaban J connectivity index is 2.64. The molecule has 0 fully saturated rings. The predicted molar refractivity (Wildman–Crippen MR) is 106 cm³/mol. The molecule has 0 aliphatic heterocycles. The molecule has 2 N–H and O–H groups in total. The number of hydrogen-bond acceptors (Lipinski definition) is 6. The van der Waals surface area contributed by atoms with Crippen LogP contribution in [0.25, 0.3) is 0 Å². The molecule has 0 saturated heterocycles. The summed E-state index contributed by atoms with van der Waals surface area (Å²) in [6.07, 6.45) is 1.81. The second-order valence-corrected chi connectivity index (χ2v) is 7.87. The molecular weight excluding hydrogens is 368 g/mol. The number of benzene rings is 1. The lowest BCUT2D eigenvalue weighted by molar-refractivity contribution is -0.123. The average Bonchev–Trinajstić information content (AvgIpc) is 2.61. The monoisotopic (exact) mass is 396 g/mol. The number of alkyl carbamates (subject to hydrolysis) is 1. The normalized spacial score (nSPS) is 12.0. The van der Waals surface area contributed by atoms with Gasteiger partial charge in [0.25, 0.3) is 0 Å². The van der Waals surface area contributed by atoms with Crippen LogP contribution in [-0.4, -0.2) is 48.7 Å². The van der Waals surface area contributed by atoms with E-state index in [2.05, 4.69) is 15.4 Å². The molecule has 0 saturated carbocycles. The highest BCUT2D eigenvalue weighted by molar-refractivity contribution is 7.98. The Bertz CT molecular complexity index is 640. The van der Waals surface area contributed by atoms with E-state index in [1.165, 1.54) is 7.11 Å². The summed E-state index contributed by atoms with van der Waals surface area (Å²) in [6.45, 7) is 5.58. The Kier molecular flexibility index (Phi) is 9.14. The smallest absolute Gasteiger partial charge is 0.408 e. The van der Waals surface area contributed by atoms with E-state index in [4.69, 9.17) is 4.74 Å². The van der Waals surface area contributed by atoms with Gasteiger partial charge in [0.05, 0.1) is 12.7 Å². The lowest BCUT2D eigenvalue weighted by Gasteiger charge is -2.23. The number of carbonyl (C=O) groups is 3. The number of thioether (sulfide) groups is 1. The minimum absolute atomic E-state index is 0.284. The third-order valence-corrected chi connectivity index (χ3v) is 4.10. The van der Waals surface area contributed by atoms with Crippen molar-refractivity contribution < 1.29 is 23.9 Å². The second-order valence-electron chi connectivity index (χ2n) is 6.89. The van der Waals surface area contributed by atoms with E-state index in [0.29, 0.717) is 12.0 Å². The van der Waals surface area contributed by atoms with Crippen molar-refractivity contribution in [1.29, 1.82) is 0 Å². The topological polar surface area (TPSA) is 93.7 Å². The third kappa shape index (κ3) is 8.81. The van der Waals surface area contributed by atoms with Gasteiger partial charge in [-0.25, -0.2) is 9.59 Å². The molecule has 0 spiro atoms. The standard InChI is InChI=1S/C19H28N2O5S/c1-19(2,3)26-18(24)21-15(10-11-27-5)16(22)20-12-13-6-8-14(9-7-13)17(23)25-4/h6-9,15H,10-12H2,1-5H3,(H,20,22)(H,21,24)/t15-/m1/s1. The van der Waals surface area contributed by atoms with Crippen LogP contribution in [0.5, 0.6) is 0 Å². The molecule has 0 aliphatic carbocycles. The van der Waals surface area contributed by atoms with Gasteiger partial charge < -0.3 is 20.1 Å². The van der Waals surface area contributed by atoms with Gasteiger partial charge in [-0.05, 0) is 56.9 Å². The maximum Gasteiger partial charge on any atom is 0.408 e. The highest BCUT2D eigenvalue weighted by Crippen LogP contribution is 2.09. The SMILES string of the molecule is COC(=O)c1ccc(CNC(=O)[C@@H](CCSC)NC(=O)OC(C)(C)C)cc1. The number of ether oxygens (including phenoxy) is 2. The van der Waals surface area contributed by atoms with E-state index >= 15 is 0 Å². The largest absolute Gasteiger partial charge is 0.465 e. The number of rotatable bonds is 8. The van der Waals surface area contributed by atoms with Crippen LogP contribution in [0.15, 0.2) is 24.3 Å². The van der Waals surface area contributed by atoms with Crippen molar-refractivity contribution >= 4 is 29.7 Å². The molecular formula is C19H28N2O5S. The van der Waals surface area contributed by atoms with E-state index < -0.39 is 23.7 Å². The van der Waals surface area contributed by atoms with Crippen molar-refractivity contribution in [2.75, 3.05) is 19.1 Å². The molecule has 8 heteroatoms. The number of methoxy groups -OCH3 is 1. The zero-order valence-electron chi connectivity index (χ0n) is 16.5. The maximum absolute atomic E-state index is 12.5. The van der Waals surface area contributed by atoms with Gasteiger partial charge in [0, 0.05) is 6.54 Å². The molecule has 0 bridgehead atoms. The number of carbonyl (C=O) groups excluding carboxylic acids is 3. The molecule has 1 aromatic carbocycles. The summed E-state index contributed by atoms with van der Waals surface area (Å²) in [4.78, 5) is 35.9. The van der Waals surface area contributed by atoms with Crippen molar-refractivity contribution in [3.63, 3.8) is 0 Å². The molecule has 1 rings (SSSR count). The van der Waals surface area contributed by atoms with Gasteiger partial charge in [-0.15, -0.1) is 0 Å². The first-order valence-electron chi connectivity index (χ1n) is 8.59. The lowest BCUT2D eigenvalue weighted by Crippen LogP contribution is -2.48. The van der Waals surface area contributed by atoms with Crippen molar-refractivity contribution in [2.24, 2.45) is 0 Å². The number of nitrogens with one attached hydrogen (secondary N) is 2. The van der Waals surface area contributed by atoms with Crippen molar-refractivity contribution in [1.82, 2.24) is 10.6 Å². The Morgan fingerprint density at radius 2 is 1.78 bits per heavy atom. The summed E-state index contributed by atoms with van der Waals surface area (Å²) in [5.74, 6) is 0.0260. The fraction of sp³-hybridized carbons (Fsp3) is 0.526. The maximum atomic E-state index is 12.5. The Hall–Kier alpha value is -2.22. The summed E-state index contributed by atoms with van der Waals surface area (Å²) >= 11 is 1.59. The van der Waals surface area contributed by atoms with Crippen LogP contribution >= 0.6 is 11.8 Å². The zero-order chi connectivity index (χ0) is 20.4. The molecule has 0 aromatic heterocycles. The van der Waals surface area contributed by atoms with Crippen LogP contribution in [0, 0.1) is 0 Å². The zero-order valence-corrected chi connectivity index (χ0v) is 17.3. The van der Waals surface area contributed by atoms with Gasteiger partial charge in [-0.3, -0.25) is 4.79 Å². The number of amides is 2. The van der Waals surface area contributed by atoms with Gasteiger partial charge in [-0.2, -0.15) is 11.8 Å². The summed E-state index contributed by atoms with van der Waals surface area (Å²) in [5.41, 5.74) is 0.639. The van der Waals surface area contributed by atoms with E-state index in [0.717, 1.165) is 11.3 Å². The molecule has 2 amide bonds. The molecule has 150 valence electrons. The summed E-state index contributed by atoms with van der Waals surface area (Å²) in [6, 6.07) is 6.08. The molecule has 0 unspecified atom stereocenters. The van der Waals surface area contributed by atoms with Crippen LogP contribution in [-0.2, 0) is 20.8 Å². The molecule has 0 aliphatic rings. The summed E-state index contributed by atoms with van der Waals surface area (Å²) in [5, 5.41) is 5.43. The first kappa shape index (κ1) is 22.8. The first-order valence-corrected chi connectivity index (χ1v) is 9.99. The van der Waals surface area contributed by atoms with Gasteiger partial charge in [-0.1, -0.05) is 12.1 Å². The molecule has 0 radical (unpaired) electrons. The van der Waals surface area contributed by atoms with Crippen LogP contribution in [0.2, 0.25) is 0 Å².